The number of benzene rings is 2. The van der Waals surface area contributed by atoms with Crippen LogP contribution in [0.3, 0.4) is 0 Å². The summed E-state index contributed by atoms with van der Waals surface area (Å²) in [6.07, 6.45) is 3.28. The Morgan fingerprint density at radius 1 is 0.957 bits per heavy atom. The Morgan fingerprint density at radius 2 is 1.48 bits per heavy atom. The Balaban J connectivity index is 0.00000192. The van der Waals surface area contributed by atoms with Crippen molar-refractivity contribution in [3.63, 3.8) is 0 Å². The Bertz CT molecular complexity index is 609. The summed E-state index contributed by atoms with van der Waals surface area (Å²) in [5, 5.41) is 13.6. The molecule has 0 radical (unpaired) electrons. The number of rotatable bonds is 4. The molecule has 2 aromatic carbocycles. The molecule has 1 N–H and O–H groups in total. The molecule has 0 aromatic heterocycles. The fraction of sp³-hybridized carbons (Fsp3) is 0.350. The monoisotopic (exact) mass is 326 g/mol. The van der Waals surface area contributed by atoms with Crippen LogP contribution in [0.2, 0.25) is 0 Å². The molecule has 0 spiro atoms. The third-order valence-electron chi connectivity index (χ3n) is 5.09. The first kappa shape index (κ1) is 17.5. The molecule has 2 aromatic rings. The van der Waals surface area contributed by atoms with Crippen molar-refractivity contribution in [2.24, 2.45) is 5.92 Å². The smallest absolute Gasteiger partial charge is 0.110 e. The molecule has 0 amide bonds. The quantitative estimate of drug-likeness (QED) is 0.909. The van der Waals surface area contributed by atoms with Crippen LogP contribution in [0.25, 0.3) is 0 Å². The minimum Gasteiger partial charge on any atom is -0.317 e. The van der Waals surface area contributed by atoms with E-state index in [1.54, 1.807) is 0 Å². The molecule has 0 saturated heterocycles. The zero-order valence-electron chi connectivity index (χ0n) is 13.4. The predicted octanol–water partition coefficient (Wildman–Crippen LogP) is 4.31. The minimum atomic E-state index is -0.547. The third kappa shape index (κ3) is 3.13. The zero-order valence-corrected chi connectivity index (χ0v) is 14.2. The second kappa shape index (κ2) is 7.64. The summed E-state index contributed by atoms with van der Waals surface area (Å²) in [4.78, 5) is 0. The highest BCUT2D eigenvalue weighted by atomic mass is 35.5. The van der Waals surface area contributed by atoms with Gasteiger partial charge in [0.25, 0.3) is 0 Å². The SMILES string of the molecule is CNC1CCC(C(C#N)(c2ccccc2)c2ccccc2)C1.Cl. The van der Waals surface area contributed by atoms with E-state index in [-0.39, 0.29) is 12.4 Å². The van der Waals surface area contributed by atoms with Crippen LogP contribution in [-0.4, -0.2) is 13.1 Å². The van der Waals surface area contributed by atoms with Crippen LogP contribution in [0, 0.1) is 17.2 Å². The molecular weight excluding hydrogens is 304 g/mol. The van der Waals surface area contributed by atoms with Crippen molar-refractivity contribution in [1.82, 2.24) is 5.32 Å². The number of nitrogens with zero attached hydrogens (tertiary/aromatic N) is 1. The lowest BCUT2D eigenvalue weighted by atomic mass is 9.66. The maximum absolute atomic E-state index is 10.2. The summed E-state index contributed by atoms with van der Waals surface area (Å²) < 4.78 is 0. The lowest BCUT2D eigenvalue weighted by molar-refractivity contribution is 0.391. The molecule has 0 aliphatic heterocycles. The van der Waals surface area contributed by atoms with E-state index in [1.165, 1.54) is 0 Å². The van der Waals surface area contributed by atoms with Crippen LogP contribution < -0.4 is 5.32 Å². The maximum atomic E-state index is 10.2. The van der Waals surface area contributed by atoms with Gasteiger partial charge >= 0.3 is 0 Å². The summed E-state index contributed by atoms with van der Waals surface area (Å²) in [6.45, 7) is 0. The summed E-state index contributed by atoms with van der Waals surface area (Å²) in [7, 11) is 2.02. The van der Waals surface area contributed by atoms with Gasteiger partial charge in [0.2, 0.25) is 0 Å². The Labute approximate surface area is 144 Å². The molecule has 2 nitrogen and oxygen atoms in total. The van der Waals surface area contributed by atoms with Crippen LogP contribution in [0.4, 0.5) is 0 Å². The second-order valence-electron chi connectivity index (χ2n) is 6.15. The summed E-state index contributed by atoms with van der Waals surface area (Å²) in [5.74, 6) is 0.347. The van der Waals surface area contributed by atoms with Gasteiger partial charge in [0, 0.05) is 6.04 Å². The van der Waals surface area contributed by atoms with E-state index >= 15 is 0 Å². The van der Waals surface area contributed by atoms with E-state index in [9.17, 15) is 5.26 Å². The first-order valence-electron chi connectivity index (χ1n) is 8.01. The van der Waals surface area contributed by atoms with Gasteiger partial charge in [-0.05, 0) is 43.4 Å². The molecule has 3 heteroatoms. The van der Waals surface area contributed by atoms with Crippen LogP contribution >= 0.6 is 12.4 Å². The molecule has 120 valence electrons. The second-order valence-corrected chi connectivity index (χ2v) is 6.15. The van der Waals surface area contributed by atoms with Gasteiger partial charge in [0.15, 0.2) is 0 Å². The van der Waals surface area contributed by atoms with Gasteiger partial charge in [-0.2, -0.15) is 5.26 Å². The standard InChI is InChI=1S/C20H22N2.ClH/c1-22-19-13-12-18(14-19)20(15-21,16-8-4-2-5-9-16)17-10-6-3-7-11-17;/h2-11,18-19,22H,12-14H2,1H3;1H. The molecule has 1 aliphatic rings. The first-order chi connectivity index (χ1) is 10.8. The van der Waals surface area contributed by atoms with Crippen molar-refractivity contribution in [1.29, 1.82) is 5.26 Å². The van der Waals surface area contributed by atoms with E-state index in [0.717, 1.165) is 30.4 Å². The topological polar surface area (TPSA) is 35.8 Å². The number of halogens is 1. The van der Waals surface area contributed by atoms with E-state index in [2.05, 4.69) is 35.7 Å². The van der Waals surface area contributed by atoms with Gasteiger partial charge in [0.05, 0.1) is 6.07 Å². The lowest BCUT2D eigenvalue weighted by Crippen LogP contribution is -2.35. The molecule has 2 unspecified atom stereocenters. The highest BCUT2D eigenvalue weighted by molar-refractivity contribution is 5.85. The molecule has 1 fully saturated rings. The van der Waals surface area contributed by atoms with E-state index in [4.69, 9.17) is 0 Å². The molecule has 23 heavy (non-hydrogen) atoms. The molecule has 2 atom stereocenters. The molecule has 1 aliphatic carbocycles. The summed E-state index contributed by atoms with van der Waals surface area (Å²) >= 11 is 0. The summed E-state index contributed by atoms with van der Waals surface area (Å²) in [5.41, 5.74) is 1.68. The maximum Gasteiger partial charge on any atom is 0.110 e. The highest BCUT2D eigenvalue weighted by Gasteiger charge is 2.45. The number of hydrogen-bond donors (Lipinski definition) is 1. The fourth-order valence-electron chi connectivity index (χ4n) is 3.90. The van der Waals surface area contributed by atoms with Crippen molar-refractivity contribution in [3.8, 4) is 6.07 Å². The van der Waals surface area contributed by atoms with E-state index in [0.29, 0.717) is 12.0 Å². The van der Waals surface area contributed by atoms with Crippen LogP contribution in [0.1, 0.15) is 30.4 Å². The van der Waals surface area contributed by atoms with Gasteiger partial charge in [-0.25, -0.2) is 0 Å². The van der Waals surface area contributed by atoms with Crippen molar-refractivity contribution >= 4 is 12.4 Å². The van der Waals surface area contributed by atoms with Gasteiger partial charge in [0.1, 0.15) is 5.41 Å². The van der Waals surface area contributed by atoms with Crippen molar-refractivity contribution < 1.29 is 0 Å². The van der Waals surface area contributed by atoms with E-state index < -0.39 is 5.41 Å². The Morgan fingerprint density at radius 3 is 1.87 bits per heavy atom. The number of hydrogen-bond acceptors (Lipinski definition) is 2. The molecule has 0 heterocycles. The third-order valence-corrected chi connectivity index (χ3v) is 5.09. The molecular formula is C20H23ClN2. The molecule has 0 bridgehead atoms. The Kier molecular flexibility index (Phi) is 5.82. The predicted molar refractivity (Wildman–Crippen MR) is 96.7 cm³/mol. The molecule has 1 saturated carbocycles. The number of nitrogens with one attached hydrogen (secondary N) is 1. The van der Waals surface area contributed by atoms with Crippen LogP contribution in [0.5, 0.6) is 0 Å². The van der Waals surface area contributed by atoms with Crippen LogP contribution in [0.15, 0.2) is 60.7 Å². The van der Waals surface area contributed by atoms with Gasteiger partial charge in [-0.3, -0.25) is 0 Å². The fourth-order valence-corrected chi connectivity index (χ4v) is 3.90. The van der Waals surface area contributed by atoms with Crippen molar-refractivity contribution in [3.05, 3.63) is 71.8 Å². The summed E-state index contributed by atoms with van der Waals surface area (Å²) in [6, 6.07) is 23.8. The van der Waals surface area contributed by atoms with Crippen molar-refractivity contribution in [2.75, 3.05) is 7.05 Å². The minimum absolute atomic E-state index is 0. The number of nitriles is 1. The van der Waals surface area contributed by atoms with Crippen molar-refractivity contribution in [2.45, 2.75) is 30.7 Å². The average Bonchev–Trinajstić information content (AvgIpc) is 3.08. The molecule has 3 rings (SSSR count). The normalized spacial score (nSPS) is 20.5. The largest absolute Gasteiger partial charge is 0.317 e. The van der Waals surface area contributed by atoms with Gasteiger partial charge < -0.3 is 5.32 Å². The lowest BCUT2D eigenvalue weighted by Gasteiger charge is -2.34. The Hall–Kier alpha value is -1.82. The van der Waals surface area contributed by atoms with E-state index in [1.807, 2.05) is 43.4 Å². The average molecular weight is 327 g/mol. The first-order valence-corrected chi connectivity index (χ1v) is 8.01. The van der Waals surface area contributed by atoms with Crippen LogP contribution in [-0.2, 0) is 5.41 Å². The highest BCUT2D eigenvalue weighted by Crippen LogP contribution is 2.46. The zero-order chi connectivity index (χ0) is 15.4. The van der Waals surface area contributed by atoms with Gasteiger partial charge in [-0.1, -0.05) is 60.7 Å². The van der Waals surface area contributed by atoms with Gasteiger partial charge in [-0.15, -0.1) is 12.4 Å².